The Morgan fingerprint density at radius 3 is 2.33 bits per heavy atom. The third kappa shape index (κ3) is 5.24. The van der Waals surface area contributed by atoms with E-state index in [9.17, 15) is 4.79 Å². The molecule has 0 radical (unpaired) electrons. The van der Waals surface area contributed by atoms with Crippen molar-refractivity contribution in [1.82, 2.24) is 0 Å². The maximum atomic E-state index is 12.0. The SMILES string of the molecule is CCCCOC(=O)c1ccc(NCc2cccc(B3OC(C)(C)C(C)(C)O3)c2)cc1. The van der Waals surface area contributed by atoms with Crippen molar-refractivity contribution in [2.24, 2.45) is 0 Å². The van der Waals surface area contributed by atoms with Crippen LogP contribution in [-0.4, -0.2) is 30.9 Å². The molecule has 160 valence electrons. The van der Waals surface area contributed by atoms with Crippen LogP contribution in [0.2, 0.25) is 0 Å². The molecular formula is C24H32BNO4. The number of hydrogen-bond acceptors (Lipinski definition) is 5. The minimum Gasteiger partial charge on any atom is -0.462 e. The van der Waals surface area contributed by atoms with Gasteiger partial charge in [0, 0.05) is 12.2 Å². The van der Waals surface area contributed by atoms with Crippen LogP contribution in [0, 0.1) is 0 Å². The van der Waals surface area contributed by atoms with Gasteiger partial charge in [0.15, 0.2) is 0 Å². The molecule has 30 heavy (non-hydrogen) atoms. The predicted molar refractivity (Wildman–Crippen MR) is 121 cm³/mol. The lowest BCUT2D eigenvalue weighted by molar-refractivity contribution is 0.00578. The number of esters is 1. The predicted octanol–water partition coefficient (Wildman–Crippen LogP) is 4.55. The van der Waals surface area contributed by atoms with E-state index < -0.39 is 0 Å². The van der Waals surface area contributed by atoms with E-state index in [-0.39, 0.29) is 24.3 Å². The maximum Gasteiger partial charge on any atom is 0.494 e. The highest BCUT2D eigenvalue weighted by Gasteiger charge is 2.51. The Morgan fingerprint density at radius 2 is 1.70 bits per heavy atom. The van der Waals surface area contributed by atoms with Crippen LogP contribution in [-0.2, 0) is 20.6 Å². The molecule has 5 nitrogen and oxygen atoms in total. The van der Waals surface area contributed by atoms with Gasteiger partial charge in [-0.2, -0.15) is 0 Å². The number of carbonyl (C=O) groups is 1. The maximum absolute atomic E-state index is 12.0. The molecule has 3 rings (SSSR count). The normalized spacial score (nSPS) is 17.0. The molecule has 0 aromatic heterocycles. The Hall–Kier alpha value is -2.31. The molecule has 0 atom stereocenters. The van der Waals surface area contributed by atoms with Crippen LogP contribution >= 0.6 is 0 Å². The van der Waals surface area contributed by atoms with Crippen LogP contribution in [0.3, 0.4) is 0 Å². The fraction of sp³-hybridized carbons (Fsp3) is 0.458. The van der Waals surface area contributed by atoms with Crippen molar-refractivity contribution in [3.63, 3.8) is 0 Å². The quantitative estimate of drug-likeness (QED) is 0.394. The van der Waals surface area contributed by atoms with Gasteiger partial charge in [-0.05, 0) is 69.4 Å². The van der Waals surface area contributed by atoms with Gasteiger partial charge in [-0.1, -0.05) is 37.6 Å². The number of rotatable bonds is 8. The first kappa shape index (κ1) is 22.4. The average molecular weight is 409 g/mol. The first-order valence-electron chi connectivity index (χ1n) is 10.7. The molecule has 0 aliphatic carbocycles. The Morgan fingerprint density at radius 1 is 1.03 bits per heavy atom. The topological polar surface area (TPSA) is 56.8 Å². The average Bonchev–Trinajstić information content (AvgIpc) is 2.94. The standard InChI is InChI=1S/C24H32BNO4/c1-6-7-15-28-22(27)19-11-13-21(14-12-19)26-17-18-9-8-10-20(16-18)25-29-23(2,3)24(4,5)30-25/h8-14,16,26H,6-7,15,17H2,1-5H3. The highest BCUT2D eigenvalue weighted by atomic mass is 16.7. The van der Waals surface area contributed by atoms with Crippen LogP contribution in [0.1, 0.15) is 63.4 Å². The third-order valence-electron chi connectivity index (χ3n) is 5.82. The zero-order chi connectivity index (χ0) is 21.8. The van der Waals surface area contributed by atoms with E-state index in [0.29, 0.717) is 18.7 Å². The number of carbonyl (C=O) groups excluding carboxylic acids is 1. The summed E-state index contributed by atoms with van der Waals surface area (Å²) in [6.45, 7) is 11.4. The summed E-state index contributed by atoms with van der Waals surface area (Å²) in [5, 5.41) is 3.40. The van der Waals surface area contributed by atoms with Gasteiger partial charge in [-0.15, -0.1) is 0 Å². The molecule has 1 fully saturated rings. The van der Waals surface area contributed by atoms with Crippen molar-refractivity contribution in [1.29, 1.82) is 0 Å². The highest BCUT2D eigenvalue weighted by Crippen LogP contribution is 2.36. The molecule has 1 aliphatic rings. The van der Waals surface area contributed by atoms with E-state index in [0.717, 1.165) is 29.6 Å². The summed E-state index contributed by atoms with van der Waals surface area (Å²) in [4.78, 5) is 12.0. The zero-order valence-corrected chi connectivity index (χ0v) is 18.7. The molecule has 0 amide bonds. The molecule has 1 aliphatic heterocycles. The van der Waals surface area contributed by atoms with E-state index in [1.807, 2.05) is 24.3 Å². The molecule has 2 aromatic rings. The van der Waals surface area contributed by atoms with Crippen molar-refractivity contribution < 1.29 is 18.8 Å². The van der Waals surface area contributed by atoms with Crippen molar-refractivity contribution in [3.8, 4) is 0 Å². The Balaban J connectivity index is 1.58. The van der Waals surface area contributed by atoms with Crippen LogP contribution in [0.25, 0.3) is 0 Å². The molecule has 0 saturated carbocycles. The van der Waals surface area contributed by atoms with E-state index in [4.69, 9.17) is 14.0 Å². The van der Waals surface area contributed by atoms with E-state index in [1.54, 1.807) is 12.1 Å². The number of hydrogen-bond donors (Lipinski definition) is 1. The monoisotopic (exact) mass is 409 g/mol. The summed E-state index contributed by atoms with van der Waals surface area (Å²) in [7, 11) is -0.368. The second-order valence-corrected chi connectivity index (χ2v) is 8.75. The smallest absolute Gasteiger partial charge is 0.462 e. The molecule has 0 bridgehead atoms. The zero-order valence-electron chi connectivity index (χ0n) is 18.7. The van der Waals surface area contributed by atoms with Crippen molar-refractivity contribution >= 4 is 24.2 Å². The van der Waals surface area contributed by atoms with Gasteiger partial charge in [0.25, 0.3) is 0 Å². The van der Waals surface area contributed by atoms with Crippen molar-refractivity contribution in [3.05, 3.63) is 59.7 Å². The summed E-state index contributed by atoms with van der Waals surface area (Å²) in [5.41, 5.74) is 2.94. The number of nitrogens with one attached hydrogen (secondary N) is 1. The third-order valence-corrected chi connectivity index (χ3v) is 5.82. The van der Waals surface area contributed by atoms with Gasteiger partial charge in [0.05, 0.1) is 23.4 Å². The second-order valence-electron chi connectivity index (χ2n) is 8.75. The lowest BCUT2D eigenvalue weighted by atomic mass is 9.78. The minimum absolute atomic E-state index is 0.273. The number of ether oxygens (including phenoxy) is 1. The minimum atomic E-state index is -0.368. The first-order chi connectivity index (χ1) is 14.2. The van der Waals surface area contributed by atoms with E-state index in [2.05, 4.69) is 52.1 Å². The number of anilines is 1. The lowest BCUT2D eigenvalue weighted by Crippen LogP contribution is -2.41. The largest absolute Gasteiger partial charge is 0.494 e. The first-order valence-corrected chi connectivity index (χ1v) is 10.7. The van der Waals surface area contributed by atoms with Crippen LogP contribution in [0.4, 0.5) is 5.69 Å². The molecule has 6 heteroatoms. The molecule has 1 N–H and O–H groups in total. The molecule has 2 aromatic carbocycles. The number of benzene rings is 2. The Labute approximate surface area is 180 Å². The lowest BCUT2D eigenvalue weighted by Gasteiger charge is -2.32. The molecule has 1 heterocycles. The Bertz CT molecular complexity index is 848. The summed E-state index contributed by atoms with van der Waals surface area (Å²) in [6, 6.07) is 15.6. The molecule has 0 unspecified atom stereocenters. The van der Waals surface area contributed by atoms with Gasteiger partial charge < -0.3 is 19.4 Å². The van der Waals surface area contributed by atoms with Gasteiger partial charge in [0.2, 0.25) is 0 Å². The van der Waals surface area contributed by atoms with E-state index >= 15 is 0 Å². The van der Waals surface area contributed by atoms with Crippen molar-refractivity contribution in [2.45, 2.75) is 65.2 Å². The summed E-state index contributed by atoms with van der Waals surface area (Å²) in [6.07, 6.45) is 1.89. The highest BCUT2D eigenvalue weighted by molar-refractivity contribution is 6.62. The van der Waals surface area contributed by atoms with Crippen LogP contribution < -0.4 is 10.8 Å². The Kier molecular flexibility index (Phi) is 6.89. The van der Waals surface area contributed by atoms with E-state index in [1.165, 1.54) is 0 Å². The van der Waals surface area contributed by atoms with Gasteiger partial charge in [-0.3, -0.25) is 0 Å². The summed E-state index contributed by atoms with van der Waals surface area (Å²) in [5.74, 6) is -0.273. The fourth-order valence-electron chi connectivity index (χ4n) is 3.15. The van der Waals surface area contributed by atoms with Gasteiger partial charge in [-0.25, -0.2) is 4.79 Å². The second kappa shape index (κ2) is 9.23. The molecule has 0 spiro atoms. The van der Waals surface area contributed by atoms with Crippen molar-refractivity contribution in [2.75, 3.05) is 11.9 Å². The molecular weight excluding hydrogens is 377 g/mol. The van der Waals surface area contributed by atoms with Crippen LogP contribution in [0.5, 0.6) is 0 Å². The summed E-state index contributed by atoms with van der Waals surface area (Å²) >= 11 is 0. The van der Waals surface area contributed by atoms with Gasteiger partial charge >= 0.3 is 13.1 Å². The molecule has 1 saturated heterocycles. The summed E-state index contributed by atoms with van der Waals surface area (Å²) < 4.78 is 17.5. The van der Waals surface area contributed by atoms with Gasteiger partial charge in [0.1, 0.15) is 0 Å². The van der Waals surface area contributed by atoms with Crippen LogP contribution in [0.15, 0.2) is 48.5 Å². The fourth-order valence-corrected chi connectivity index (χ4v) is 3.15. The number of unbranched alkanes of at least 4 members (excludes halogenated alkanes) is 1.